The summed E-state index contributed by atoms with van der Waals surface area (Å²) in [7, 11) is -16.9. The number of terminal acetylenes is 1. The molecule has 0 aromatic carbocycles. The molecule has 2 unspecified atom stereocenters. The molecule has 0 spiro atoms. The van der Waals surface area contributed by atoms with E-state index in [0.29, 0.717) is 0 Å². The lowest BCUT2D eigenvalue weighted by Gasteiger charge is -2.27. The molecule has 1 aliphatic heterocycles. The number of halogens is 1. The maximum Gasteiger partial charge on any atom is 0.490 e. The fourth-order valence-corrected chi connectivity index (χ4v) is 6.22. The second-order valence-corrected chi connectivity index (χ2v) is 11.4. The van der Waals surface area contributed by atoms with E-state index in [1.807, 2.05) is 5.92 Å². The molecule has 20 heteroatoms. The molecule has 0 amide bonds. The minimum Gasteiger partial charge on any atom is -0.389 e. The van der Waals surface area contributed by atoms with Gasteiger partial charge < -0.3 is 39.7 Å². The van der Waals surface area contributed by atoms with Crippen LogP contribution in [0, 0.1) is 25.1 Å². The van der Waals surface area contributed by atoms with Crippen LogP contribution in [0.15, 0.2) is 6.20 Å². The molecule has 2 aromatic heterocycles. The van der Waals surface area contributed by atoms with E-state index in [4.69, 9.17) is 26.7 Å². The van der Waals surface area contributed by atoms with E-state index < -0.39 is 53.8 Å². The van der Waals surface area contributed by atoms with Crippen LogP contribution >= 0.6 is 23.5 Å². The highest BCUT2D eigenvalue weighted by molar-refractivity contribution is 7.66. The van der Waals surface area contributed by atoms with Gasteiger partial charge in [-0.25, -0.2) is 28.1 Å². The Kier molecular flexibility index (Phi) is 7.13. The van der Waals surface area contributed by atoms with Crippen molar-refractivity contribution in [2.45, 2.75) is 31.3 Å². The van der Waals surface area contributed by atoms with Crippen LogP contribution in [-0.2, 0) is 31.6 Å². The third kappa shape index (κ3) is 5.72. The van der Waals surface area contributed by atoms with Crippen molar-refractivity contribution in [2.24, 2.45) is 0 Å². The zero-order valence-corrected chi connectivity index (χ0v) is 19.6. The van der Waals surface area contributed by atoms with E-state index in [2.05, 4.69) is 23.1 Å². The Hall–Kier alpha value is -1.76. The average molecular weight is 546 g/mol. The first-order chi connectivity index (χ1) is 15.5. The van der Waals surface area contributed by atoms with Gasteiger partial charge in [0.25, 0.3) is 0 Å². The number of aromatic nitrogens is 3. The van der Waals surface area contributed by atoms with Crippen molar-refractivity contribution in [1.29, 1.82) is 0 Å². The molecule has 16 nitrogen and oxygen atoms in total. The molecule has 2 aromatic rings. The Bertz CT molecular complexity index is 1310. The Morgan fingerprint density at radius 2 is 1.94 bits per heavy atom. The third-order valence-electron chi connectivity index (χ3n) is 4.49. The fourth-order valence-electron chi connectivity index (χ4n) is 3.17. The minimum absolute atomic E-state index is 0.0143. The Morgan fingerprint density at radius 1 is 1.29 bits per heavy atom. The molecule has 0 saturated carbocycles. The molecule has 1 fully saturated rings. The lowest BCUT2D eigenvalue weighted by Crippen LogP contribution is -2.42. The molecule has 0 aliphatic carbocycles. The Labute approximate surface area is 189 Å². The third-order valence-corrected chi connectivity index (χ3v) is 8.27. The van der Waals surface area contributed by atoms with Crippen molar-refractivity contribution in [1.82, 2.24) is 14.5 Å². The van der Waals surface area contributed by atoms with Crippen molar-refractivity contribution in [3.05, 3.63) is 17.8 Å². The van der Waals surface area contributed by atoms with Gasteiger partial charge in [0, 0.05) is 12.6 Å². The fraction of sp³-hybridized carbons (Fsp3) is 0.429. The van der Waals surface area contributed by atoms with Crippen LogP contribution in [-0.4, -0.2) is 57.5 Å². The van der Waals surface area contributed by atoms with Crippen molar-refractivity contribution in [3.63, 3.8) is 0 Å². The van der Waals surface area contributed by atoms with E-state index >= 15 is 0 Å². The van der Waals surface area contributed by atoms with Gasteiger partial charge in [-0.2, -0.15) is 8.62 Å². The molecule has 3 heterocycles. The van der Waals surface area contributed by atoms with Crippen molar-refractivity contribution in [2.75, 3.05) is 12.3 Å². The second kappa shape index (κ2) is 9.03. The first kappa shape index (κ1) is 26.8. The summed E-state index contributed by atoms with van der Waals surface area (Å²) in [5.41, 5.74) is 3.61. The number of ether oxygens (including phenoxy) is 1. The molecule has 3 rings (SSSR count). The normalized spacial score (nSPS) is 26.8. The van der Waals surface area contributed by atoms with Gasteiger partial charge in [-0.3, -0.25) is 4.52 Å². The van der Waals surface area contributed by atoms with Crippen LogP contribution in [0.25, 0.3) is 11.0 Å². The molecule has 7 N–H and O–H groups in total. The molecule has 34 heavy (non-hydrogen) atoms. The van der Waals surface area contributed by atoms with Crippen LogP contribution in [0.2, 0.25) is 0 Å². The topological polar surface area (TPSA) is 246 Å². The zero-order valence-electron chi connectivity index (χ0n) is 17.0. The number of phosphoric ester groups is 1. The van der Waals surface area contributed by atoms with E-state index in [-0.39, 0.29) is 29.1 Å². The maximum atomic E-state index is 14.4. The summed E-state index contributed by atoms with van der Waals surface area (Å²) >= 11 is 0. The summed E-state index contributed by atoms with van der Waals surface area (Å²) in [5, 5.41) is 10.4. The SMILES string of the molecule is C#C[C@]1(COP(=O)(O)OP(=O)(O)OP(=O)(O)O)O[C@@H](n2cc(F)c3c(N)nc(C)nc32)C[C@@H]1O. The van der Waals surface area contributed by atoms with Crippen molar-refractivity contribution in [3.8, 4) is 12.3 Å². The number of nitrogen functional groups attached to an aromatic ring is 1. The molecule has 0 bridgehead atoms. The van der Waals surface area contributed by atoms with E-state index in [9.17, 15) is 33.0 Å². The van der Waals surface area contributed by atoms with Crippen LogP contribution in [0.4, 0.5) is 10.2 Å². The van der Waals surface area contributed by atoms with Gasteiger partial charge in [0.15, 0.2) is 17.1 Å². The molecule has 188 valence electrons. The molecule has 0 radical (unpaired) electrons. The number of aryl methyl sites for hydroxylation is 1. The monoisotopic (exact) mass is 546 g/mol. The Morgan fingerprint density at radius 3 is 2.53 bits per heavy atom. The van der Waals surface area contributed by atoms with Gasteiger partial charge >= 0.3 is 23.5 Å². The first-order valence-electron chi connectivity index (χ1n) is 8.90. The Balaban J connectivity index is 1.82. The van der Waals surface area contributed by atoms with Crippen LogP contribution in [0.3, 0.4) is 0 Å². The standard InChI is InChI=1S/C14H18FN4O12P3/c1-3-14(6-28-33(24,25)31-34(26,27)30-32(21,22)23)9(20)4-10(29-14)19-5-8(15)11-12(16)17-7(2)18-13(11)19/h1,5,9-10,20H,4,6H2,2H3,(H,24,25)(H,26,27)(H2,16,17,18)(H2,21,22,23)/t9-,10+,14+/m0/s1. The van der Waals surface area contributed by atoms with Crippen LogP contribution < -0.4 is 5.73 Å². The molecular weight excluding hydrogens is 528 g/mol. The number of hydrogen-bond acceptors (Lipinski definition) is 11. The molecular formula is C14H18FN4O12P3. The van der Waals surface area contributed by atoms with Gasteiger partial charge in [0.2, 0.25) is 0 Å². The summed E-state index contributed by atoms with van der Waals surface area (Å²) in [4.78, 5) is 43.9. The summed E-state index contributed by atoms with van der Waals surface area (Å²) in [6.45, 7) is 0.395. The smallest absolute Gasteiger partial charge is 0.389 e. The maximum absolute atomic E-state index is 14.4. The summed E-state index contributed by atoms with van der Waals surface area (Å²) in [6, 6.07) is 0. The van der Waals surface area contributed by atoms with Crippen molar-refractivity contribution < 1.29 is 60.6 Å². The van der Waals surface area contributed by atoms with E-state index in [0.717, 1.165) is 6.20 Å². The summed E-state index contributed by atoms with van der Waals surface area (Å²) in [5.74, 6) is 1.31. The second-order valence-electron chi connectivity index (χ2n) is 6.96. The number of rotatable bonds is 8. The summed E-state index contributed by atoms with van der Waals surface area (Å²) in [6.07, 6.45) is 3.37. The highest BCUT2D eigenvalue weighted by Crippen LogP contribution is 2.66. The number of nitrogens with zero attached hydrogens (tertiary/aromatic N) is 3. The van der Waals surface area contributed by atoms with E-state index in [1.54, 1.807) is 0 Å². The molecule has 5 atom stereocenters. The number of fused-ring (bicyclic) bond motifs is 1. The molecule has 1 saturated heterocycles. The average Bonchev–Trinajstić information content (AvgIpc) is 3.14. The number of hydrogen-bond donors (Lipinski definition) is 6. The lowest BCUT2D eigenvalue weighted by atomic mass is 9.99. The minimum atomic E-state index is -5.76. The van der Waals surface area contributed by atoms with Gasteiger partial charge in [-0.1, -0.05) is 5.92 Å². The number of aliphatic hydroxyl groups is 1. The molecule has 1 aliphatic rings. The zero-order chi connectivity index (χ0) is 25.7. The lowest BCUT2D eigenvalue weighted by molar-refractivity contribution is -0.0874. The number of aliphatic hydroxyl groups excluding tert-OH is 1. The number of anilines is 1. The van der Waals surface area contributed by atoms with Gasteiger partial charge in [-0.15, -0.1) is 6.42 Å². The van der Waals surface area contributed by atoms with Crippen LogP contribution in [0.1, 0.15) is 18.5 Å². The highest BCUT2D eigenvalue weighted by atomic mass is 31.3. The van der Waals surface area contributed by atoms with Gasteiger partial charge in [-0.05, 0) is 6.92 Å². The van der Waals surface area contributed by atoms with Gasteiger partial charge in [0.1, 0.15) is 30.6 Å². The predicted molar refractivity (Wildman–Crippen MR) is 109 cm³/mol. The van der Waals surface area contributed by atoms with E-state index in [1.165, 1.54) is 11.5 Å². The first-order valence-corrected chi connectivity index (χ1v) is 13.4. The van der Waals surface area contributed by atoms with Crippen molar-refractivity contribution >= 4 is 40.3 Å². The summed E-state index contributed by atoms with van der Waals surface area (Å²) < 4.78 is 67.1. The highest BCUT2D eigenvalue weighted by Gasteiger charge is 2.51. The van der Waals surface area contributed by atoms with Crippen LogP contribution in [0.5, 0.6) is 0 Å². The number of phosphoric acid groups is 3. The van der Waals surface area contributed by atoms with Gasteiger partial charge in [0.05, 0.1) is 5.39 Å². The quantitative estimate of drug-likeness (QED) is 0.194. The largest absolute Gasteiger partial charge is 0.490 e. The predicted octanol–water partition coefficient (Wildman–Crippen LogP) is 0.456. The number of nitrogens with two attached hydrogens (primary N) is 1.